The Morgan fingerprint density at radius 1 is 1.11 bits per heavy atom. The van der Waals surface area contributed by atoms with Crippen molar-refractivity contribution in [3.8, 4) is 17.1 Å². The van der Waals surface area contributed by atoms with Gasteiger partial charge in [-0.2, -0.15) is 5.10 Å². The van der Waals surface area contributed by atoms with Gasteiger partial charge >= 0.3 is 0 Å². The first-order chi connectivity index (χ1) is 13.0. The van der Waals surface area contributed by atoms with Crippen LogP contribution >= 0.6 is 0 Å². The van der Waals surface area contributed by atoms with Gasteiger partial charge in [-0.1, -0.05) is 30.3 Å². The summed E-state index contributed by atoms with van der Waals surface area (Å²) in [7, 11) is 0. The molecule has 0 bridgehead atoms. The van der Waals surface area contributed by atoms with Gasteiger partial charge in [-0.05, 0) is 49.2 Å². The zero-order chi connectivity index (χ0) is 19.2. The SMILES string of the molecule is Cc1cccc(C)c1OCC(=O)N/N=C\c1ccc(-c2ccccc2F)o1. The molecule has 2 aromatic carbocycles. The summed E-state index contributed by atoms with van der Waals surface area (Å²) in [4.78, 5) is 11.9. The van der Waals surface area contributed by atoms with Crippen LogP contribution in [0.2, 0.25) is 0 Å². The standard InChI is InChI=1S/C21H19FN2O3/c1-14-6-5-7-15(2)21(14)26-13-20(25)24-23-12-16-10-11-19(27-16)17-8-3-4-9-18(17)22/h3-12H,13H2,1-2H3,(H,24,25)/b23-12-. The van der Waals surface area contributed by atoms with Crippen LogP contribution in [0.25, 0.3) is 11.3 Å². The maximum absolute atomic E-state index is 13.8. The lowest BCUT2D eigenvalue weighted by atomic mass is 10.1. The Morgan fingerprint density at radius 2 is 1.85 bits per heavy atom. The van der Waals surface area contributed by atoms with Crippen molar-refractivity contribution in [3.05, 3.63) is 77.3 Å². The number of carbonyl (C=O) groups is 1. The van der Waals surface area contributed by atoms with E-state index < -0.39 is 5.91 Å². The number of para-hydroxylation sites is 1. The molecule has 0 aliphatic carbocycles. The summed E-state index contributed by atoms with van der Waals surface area (Å²) < 4.78 is 24.8. The van der Waals surface area contributed by atoms with E-state index >= 15 is 0 Å². The first kappa shape index (κ1) is 18.4. The van der Waals surface area contributed by atoms with E-state index in [-0.39, 0.29) is 12.4 Å². The number of furan rings is 1. The monoisotopic (exact) mass is 366 g/mol. The van der Waals surface area contributed by atoms with Crippen molar-refractivity contribution >= 4 is 12.1 Å². The molecule has 1 N–H and O–H groups in total. The minimum atomic E-state index is -0.394. The average molecular weight is 366 g/mol. The maximum Gasteiger partial charge on any atom is 0.277 e. The van der Waals surface area contributed by atoms with Crippen LogP contribution in [0.5, 0.6) is 5.75 Å². The average Bonchev–Trinajstić information content (AvgIpc) is 3.10. The van der Waals surface area contributed by atoms with E-state index in [4.69, 9.17) is 9.15 Å². The molecule has 0 saturated carbocycles. The predicted molar refractivity (Wildman–Crippen MR) is 101 cm³/mol. The number of ether oxygens (including phenoxy) is 1. The highest BCUT2D eigenvalue weighted by Gasteiger charge is 2.09. The second-order valence-corrected chi connectivity index (χ2v) is 5.98. The van der Waals surface area contributed by atoms with E-state index in [1.807, 2.05) is 32.0 Å². The Bertz CT molecular complexity index is 959. The molecule has 5 nitrogen and oxygen atoms in total. The lowest BCUT2D eigenvalue weighted by Gasteiger charge is -2.10. The molecule has 138 valence electrons. The first-order valence-corrected chi connectivity index (χ1v) is 8.40. The number of rotatable bonds is 6. The third kappa shape index (κ3) is 4.61. The fourth-order valence-electron chi connectivity index (χ4n) is 2.59. The van der Waals surface area contributed by atoms with E-state index in [1.165, 1.54) is 12.3 Å². The molecule has 0 spiro atoms. The molecule has 0 atom stereocenters. The van der Waals surface area contributed by atoms with Gasteiger partial charge in [0.2, 0.25) is 0 Å². The number of halogens is 1. The smallest absolute Gasteiger partial charge is 0.277 e. The van der Waals surface area contributed by atoms with Crippen LogP contribution in [0, 0.1) is 19.7 Å². The molecule has 1 heterocycles. The number of hydrazone groups is 1. The molecule has 0 unspecified atom stereocenters. The summed E-state index contributed by atoms with van der Waals surface area (Å²) in [6.07, 6.45) is 1.35. The van der Waals surface area contributed by atoms with Crippen molar-refractivity contribution in [1.82, 2.24) is 5.43 Å². The van der Waals surface area contributed by atoms with E-state index in [9.17, 15) is 9.18 Å². The second kappa shape index (κ2) is 8.31. The molecule has 0 aliphatic rings. The number of nitrogens with zero attached hydrogens (tertiary/aromatic N) is 1. The summed E-state index contributed by atoms with van der Waals surface area (Å²) in [6, 6.07) is 15.4. The minimum absolute atomic E-state index is 0.151. The Balaban J connectivity index is 1.55. The van der Waals surface area contributed by atoms with Gasteiger partial charge in [0.1, 0.15) is 23.1 Å². The van der Waals surface area contributed by atoms with Gasteiger partial charge in [-0.15, -0.1) is 0 Å². The number of aryl methyl sites for hydroxylation is 2. The summed E-state index contributed by atoms with van der Waals surface area (Å²) >= 11 is 0. The van der Waals surface area contributed by atoms with Crippen molar-refractivity contribution in [1.29, 1.82) is 0 Å². The molecule has 1 aromatic heterocycles. The van der Waals surface area contributed by atoms with Crippen molar-refractivity contribution in [2.24, 2.45) is 5.10 Å². The number of amides is 1. The zero-order valence-electron chi connectivity index (χ0n) is 15.0. The van der Waals surface area contributed by atoms with Gasteiger partial charge in [0.15, 0.2) is 6.61 Å². The highest BCUT2D eigenvalue weighted by atomic mass is 19.1. The third-order valence-electron chi connectivity index (χ3n) is 3.90. The Hall–Kier alpha value is -3.41. The lowest BCUT2D eigenvalue weighted by molar-refractivity contribution is -0.123. The lowest BCUT2D eigenvalue weighted by Crippen LogP contribution is -2.24. The van der Waals surface area contributed by atoms with Gasteiger partial charge in [0.05, 0.1) is 11.8 Å². The molecule has 0 aliphatic heterocycles. The normalized spacial score (nSPS) is 10.9. The van der Waals surface area contributed by atoms with Gasteiger partial charge in [-0.25, -0.2) is 9.82 Å². The van der Waals surface area contributed by atoms with Crippen LogP contribution in [-0.2, 0) is 4.79 Å². The Labute approximate surface area is 156 Å². The fraction of sp³-hybridized carbons (Fsp3) is 0.143. The third-order valence-corrected chi connectivity index (χ3v) is 3.90. The highest BCUT2D eigenvalue weighted by Crippen LogP contribution is 2.24. The molecule has 27 heavy (non-hydrogen) atoms. The molecule has 0 saturated heterocycles. The predicted octanol–water partition coefficient (Wildman–Crippen LogP) is 4.23. The van der Waals surface area contributed by atoms with E-state index in [0.717, 1.165) is 11.1 Å². The second-order valence-electron chi connectivity index (χ2n) is 5.98. The number of hydrogen-bond acceptors (Lipinski definition) is 4. The van der Waals surface area contributed by atoms with Crippen molar-refractivity contribution in [2.75, 3.05) is 6.61 Å². The molecule has 3 rings (SSSR count). The highest BCUT2D eigenvalue weighted by molar-refractivity contribution is 5.81. The van der Waals surface area contributed by atoms with Crippen molar-refractivity contribution in [3.63, 3.8) is 0 Å². The summed E-state index contributed by atoms with van der Waals surface area (Å²) in [5.41, 5.74) is 4.66. The number of nitrogens with one attached hydrogen (secondary N) is 1. The Kier molecular flexibility index (Phi) is 5.66. The number of benzene rings is 2. The first-order valence-electron chi connectivity index (χ1n) is 8.40. The van der Waals surface area contributed by atoms with Crippen molar-refractivity contribution < 1.29 is 18.3 Å². The molecule has 1 amide bonds. The van der Waals surface area contributed by atoms with Crippen LogP contribution in [0.4, 0.5) is 4.39 Å². The van der Waals surface area contributed by atoms with Gasteiger partial charge in [-0.3, -0.25) is 4.79 Å². The van der Waals surface area contributed by atoms with E-state index in [1.54, 1.807) is 30.3 Å². The molecular formula is C21H19FN2O3. The zero-order valence-corrected chi connectivity index (χ0v) is 15.0. The van der Waals surface area contributed by atoms with Gasteiger partial charge in [0.25, 0.3) is 5.91 Å². The molecule has 0 fully saturated rings. The van der Waals surface area contributed by atoms with Crippen LogP contribution in [0.15, 0.2) is 64.1 Å². The van der Waals surface area contributed by atoms with Crippen LogP contribution in [0.1, 0.15) is 16.9 Å². The topological polar surface area (TPSA) is 63.8 Å². The molecular weight excluding hydrogens is 347 g/mol. The molecule has 6 heteroatoms. The molecule has 0 radical (unpaired) electrons. The fourth-order valence-corrected chi connectivity index (χ4v) is 2.59. The van der Waals surface area contributed by atoms with Crippen LogP contribution in [-0.4, -0.2) is 18.7 Å². The van der Waals surface area contributed by atoms with E-state index in [2.05, 4.69) is 10.5 Å². The largest absolute Gasteiger partial charge is 0.483 e. The Morgan fingerprint density at radius 3 is 2.59 bits per heavy atom. The summed E-state index contributed by atoms with van der Waals surface area (Å²) in [5, 5.41) is 3.84. The van der Waals surface area contributed by atoms with Gasteiger partial charge in [0, 0.05) is 0 Å². The number of hydrogen-bond donors (Lipinski definition) is 1. The molecule has 3 aromatic rings. The van der Waals surface area contributed by atoms with Gasteiger partial charge < -0.3 is 9.15 Å². The van der Waals surface area contributed by atoms with Crippen molar-refractivity contribution in [2.45, 2.75) is 13.8 Å². The summed E-state index contributed by atoms with van der Waals surface area (Å²) in [5.74, 6) is 0.711. The maximum atomic E-state index is 13.8. The summed E-state index contributed by atoms with van der Waals surface area (Å²) in [6.45, 7) is 3.69. The minimum Gasteiger partial charge on any atom is -0.483 e. The quantitative estimate of drug-likeness (QED) is 0.524. The van der Waals surface area contributed by atoms with E-state index in [0.29, 0.717) is 22.8 Å². The number of carbonyl (C=O) groups excluding carboxylic acids is 1. The van der Waals surface area contributed by atoms with Crippen LogP contribution < -0.4 is 10.2 Å². The van der Waals surface area contributed by atoms with Crippen LogP contribution in [0.3, 0.4) is 0 Å².